The summed E-state index contributed by atoms with van der Waals surface area (Å²) < 4.78 is 12.8. The molecule has 0 radical (unpaired) electrons. The topological polar surface area (TPSA) is 55.8 Å². The predicted molar refractivity (Wildman–Crippen MR) is 103 cm³/mol. The highest BCUT2D eigenvalue weighted by Gasteiger charge is 2.47. The van der Waals surface area contributed by atoms with E-state index in [-0.39, 0.29) is 36.3 Å². The molecule has 0 bridgehead atoms. The zero-order valence-corrected chi connectivity index (χ0v) is 18.0. The van der Waals surface area contributed by atoms with Gasteiger partial charge in [0.15, 0.2) is 6.10 Å². The van der Waals surface area contributed by atoms with Gasteiger partial charge in [-0.1, -0.05) is 60.7 Å². The number of likely N-dealkylation sites (tertiary alicyclic amines) is 1. The van der Waals surface area contributed by atoms with E-state index in [4.69, 9.17) is 9.47 Å². The summed E-state index contributed by atoms with van der Waals surface area (Å²) in [6.07, 6.45) is 0.690. The van der Waals surface area contributed by atoms with Gasteiger partial charge in [-0.05, 0) is 11.1 Å². The molecule has 152 valence electrons. The van der Waals surface area contributed by atoms with E-state index in [1.807, 2.05) is 60.7 Å². The lowest BCUT2D eigenvalue weighted by Crippen LogP contribution is -3.00. The molecule has 5 nitrogen and oxygen atoms in total. The Labute approximate surface area is 177 Å². The first-order valence-electron chi connectivity index (χ1n) is 9.37. The Hall–Kier alpha value is -1.73. The van der Waals surface area contributed by atoms with Crippen molar-refractivity contribution in [1.29, 1.82) is 0 Å². The molecule has 0 aromatic heterocycles. The molecule has 28 heavy (non-hydrogen) atoms. The quantitative estimate of drug-likeness (QED) is 0.450. The Bertz CT molecular complexity index is 712. The van der Waals surface area contributed by atoms with Crippen molar-refractivity contribution < 1.29 is 40.8 Å². The maximum absolute atomic E-state index is 13.5. The summed E-state index contributed by atoms with van der Waals surface area (Å²) in [5.41, 5.74) is -0.00636. The number of rotatable bonds is 7. The molecule has 1 saturated heterocycles. The number of carbonyl (C=O) groups is 1. The number of quaternary nitrogens is 1. The minimum Gasteiger partial charge on any atom is -1.00 e. The molecule has 3 rings (SSSR count). The van der Waals surface area contributed by atoms with E-state index in [9.17, 15) is 9.90 Å². The molecule has 2 aromatic rings. The Morgan fingerprint density at radius 3 is 2.04 bits per heavy atom. The van der Waals surface area contributed by atoms with Gasteiger partial charge in [0, 0.05) is 6.42 Å². The van der Waals surface area contributed by atoms with Crippen LogP contribution in [-0.4, -0.2) is 62.1 Å². The number of esters is 1. The molecular weight excluding hydrogens is 422 g/mol. The number of likely N-dealkylation sites (N-methyl/N-ethyl adjacent to an activating group) is 1. The number of ether oxygens (including phenoxy) is 2. The fraction of sp³-hybridized carbons (Fsp3) is 0.409. The van der Waals surface area contributed by atoms with E-state index in [0.29, 0.717) is 11.1 Å². The van der Waals surface area contributed by atoms with Crippen molar-refractivity contribution in [2.45, 2.75) is 18.1 Å². The molecule has 0 spiro atoms. The third-order valence-electron chi connectivity index (χ3n) is 5.09. The normalized spacial score (nSPS) is 18.3. The molecule has 6 heteroatoms. The Morgan fingerprint density at radius 2 is 1.61 bits per heavy atom. The van der Waals surface area contributed by atoms with E-state index in [2.05, 4.69) is 14.1 Å². The predicted octanol–water partition coefficient (Wildman–Crippen LogP) is -0.665. The van der Waals surface area contributed by atoms with Crippen LogP contribution >= 0.6 is 0 Å². The Kier molecular flexibility index (Phi) is 7.78. The van der Waals surface area contributed by atoms with Crippen LogP contribution in [0.25, 0.3) is 0 Å². The van der Waals surface area contributed by atoms with Gasteiger partial charge >= 0.3 is 5.97 Å². The van der Waals surface area contributed by atoms with Gasteiger partial charge in [-0.2, -0.15) is 0 Å². The van der Waals surface area contributed by atoms with Gasteiger partial charge in [-0.15, -0.1) is 0 Å². The largest absolute Gasteiger partial charge is 1.00 e. The van der Waals surface area contributed by atoms with E-state index < -0.39 is 11.6 Å². The van der Waals surface area contributed by atoms with Crippen molar-refractivity contribution in [3.8, 4) is 0 Å². The molecule has 1 heterocycles. The second-order valence-electron chi connectivity index (χ2n) is 7.64. The highest BCUT2D eigenvalue weighted by molar-refractivity contribution is 5.86. The SMILES string of the molecule is C[N+]1(C)CCC(OC(=O)C(OCCO)(c2ccccc2)c2ccccc2)C1.[Br-]. The van der Waals surface area contributed by atoms with E-state index >= 15 is 0 Å². The summed E-state index contributed by atoms with van der Waals surface area (Å²) in [7, 11) is 4.27. The lowest BCUT2D eigenvalue weighted by atomic mass is 9.86. The minimum absolute atomic E-state index is 0. The number of hydrogen-bond acceptors (Lipinski definition) is 4. The molecule has 1 aliphatic heterocycles. The van der Waals surface area contributed by atoms with Gasteiger partial charge in [-0.3, -0.25) is 0 Å². The second kappa shape index (κ2) is 9.65. The average Bonchev–Trinajstić information content (AvgIpc) is 3.02. The van der Waals surface area contributed by atoms with Crippen LogP contribution in [0.5, 0.6) is 0 Å². The molecule has 0 saturated carbocycles. The molecule has 2 aromatic carbocycles. The maximum Gasteiger partial charge on any atom is 0.348 e. The van der Waals surface area contributed by atoms with Crippen LogP contribution in [-0.2, 0) is 19.9 Å². The Morgan fingerprint density at radius 1 is 1.07 bits per heavy atom. The highest BCUT2D eigenvalue weighted by Crippen LogP contribution is 2.36. The molecule has 1 fully saturated rings. The van der Waals surface area contributed by atoms with Crippen molar-refractivity contribution >= 4 is 5.97 Å². The van der Waals surface area contributed by atoms with Crippen molar-refractivity contribution in [2.24, 2.45) is 0 Å². The molecule has 1 N–H and O–H groups in total. The first-order valence-corrected chi connectivity index (χ1v) is 9.37. The van der Waals surface area contributed by atoms with Gasteiger partial charge in [-0.25, -0.2) is 4.79 Å². The van der Waals surface area contributed by atoms with Crippen LogP contribution < -0.4 is 17.0 Å². The van der Waals surface area contributed by atoms with Gasteiger partial charge in [0.1, 0.15) is 6.54 Å². The number of hydrogen-bond donors (Lipinski definition) is 1. The van der Waals surface area contributed by atoms with Crippen molar-refractivity contribution in [1.82, 2.24) is 0 Å². The summed E-state index contributed by atoms with van der Waals surface area (Å²) in [5, 5.41) is 9.38. The van der Waals surface area contributed by atoms with Gasteiger partial charge in [0.05, 0.1) is 33.9 Å². The highest BCUT2D eigenvalue weighted by atomic mass is 79.9. The molecule has 1 aliphatic rings. The zero-order chi connectivity index (χ0) is 19.3. The smallest absolute Gasteiger partial charge is 0.348 e. The monoisotopic (exact) mass is 449 g/mol. The third kappa shape index (κ3) is 4.81. The number of benzene rings is 2. The van der Waals surface area contributed by atoms with E-state index in [1.54, 1.807) is 0 Å². The van der Waals surface area contributed by atoms with Crippen LogP contribution in [0, 0.1) is 0 Å². The van der Waals surface area contributed by atoms with Crippen LogP contribution in [0.3, 0.4) is 0 Å². The summed E-state index contributed by atoms with van der Waals surface area (Å²) in [6, 6.07) is 18.7. The lowest BCUT2D eigenvalue weighted by molar-refractivity contribution is -0.879. The summed E-state index contributed by atoms with van der Waals surface area (Å²) in [5.74, 6) is -0.430. The van der Waals surface area contributed by atoms with Crippen LogP contribution in [0.15, 0.2) is 60.7 Å². The van der Waals surface area contributed by atoms with Crippen LogP contribution in [0.1, 0.15) is 17.5 Å². The first kappa shape index (κ1) is 22.6. The molecule has 0 aliphatic carbocycles. The first-order chi connectivity index (χ1) is 13.0. The second-order valence-corrected chi connectivity index (χ2v) is 7.64. The lowest BCUT2D eigenvalue weighted by Gasteiger charge is -2.33. The molecule has 1 unspecified atom stereocenters. The maximum atomic E-state index is 13.5. The average molecular weight is 450 g/mol. The summed E-state index contributed by atoms with van der Waals surface area (Å²) in [6.45, 7) is 1.61. The number of halogens is 1. The van der Waals surface area contributed by atoms with Crippen molar-refractivity contribution in [3.63, 3.8) is 0 Å². The van der Waals surface area contributed by atoms with Crippen molar-refractivity contribution in [3.05, 3.63) is 71.8 Å². The number of aliphatic hydroxyl groups is 1. The summed E-state index contributed by atoms with van der Waals surface area (Å²) in [4.78, 5) is 13.5. The summed E-state index contributed by atoms with van der Waals surface area (Å²) >= 11 is 0. The van der Waals surface area contributed by atoms with Crippen molar-refractivity contribution in [2.75, 3.05) is 40.4 Å². The van der Waals surface area contributed by atoms with Gasteiger partial charge in [0.2, 0.25) is 5.60 Å². The van der Waals surface area contributed by atoms with Gasteiger partial charge in [0.25, 0.3) is 0 Å². The number of nitrogens with zero attached hydrogens (tertiary/aromatic N) is 1. The molecule has 0 amide bonds. The number of carbonyl (C=O) groups excluding carboxylic acids is 1. The number of aliphatic hydroxyl groups excluding tert-OH is 1. The minimum atomic E-state index is -1.40. The molecular formula is C22H28BrNO4. The fourth-order valence-electron chi connectivity index (χ4n) is 3.73. The van der Waals surface area contributed by atoms with E-state index in [0.717, 1.165) is 24.0 Å². The van der Waals surface area contributed by atoms with Crippen LogP contribution in [0.4, 0.5) is 0 Å². The van der Waals surface area contributed by atoms with E-state index in [1.165, 1.54) is 0 Å². The third-order valence-corrected chi connectivity index (χ3v) is 5.09. The fourth-order valence-corrected chi connectivity index (χ4v) is 3.73. The molecule has 1 atom stereocenters. The standard InChI is InChI=1S/C22H28NO4.BrH/c1-23(2)14-13-20(17-23)27-21(25)22(26-16-15-24,18-9-5-3-6-10-18)19-11-7-4-8-12-19;/h3-12,20,24H,13-17H2,1-2H3;1H/q+1;/p-1. The zero-order valence-electron chi connectivity index (χ0n) is 16.4. The van der Waals surface area contributed by atoms with Gasteiger partial charge < -0.3 is 36.0 Å². The van der Waals surface area contributed by atoms with Crippen LogP contribution in [0.2, 0.25) is 0 Å². The Balaban J connectivity index is 0.00000280.